The van der Waals surface area contributed by atoms with E-state index in [0.29, 0.717) is 17.1 Å². The third-order valence-corrected chi connectivity index (χ3v) is 3.63. The van der Waals surface area contributed by atoms with Crippen molar-refractivity contribution in [2.24, 2.45) is 0 Å². The van der Waals surface area contributed by atoms with Gasteiger partial charge in [-0.05, 0) is 29.8 Å². The van der Waals surface area contributed by atoms with Crippen LogP contribution in [0.2, 0.25) is 5.02 Å². The van der Waals surface area contributed by atoms with Crippen molar-refractivity contribution in [1.29, 1.82) is 5.26 Å². The zero-order valence-electron chi connectivity index (χ0n) is 9.45. The van der Waals surface area contributed by atoms with Crippen LogP contribution in [-0.4, -0.2) is 0 Å². The molecule has 0 heterocycles. The molecule has 90 valence electrons. The lowest BCUT2D eigenvalue weighted by atomic mass is 10.2. The molecule has 0 atom stereocenters. The van der Waals surface area contributed by atoms with Crippen molar-refractivity contribution in [1.82, 2.24) is 0 Å². The van der Waals surface area contributed by atoms with Crippen LogP contribution in [-0.2, 0) is 6.54 Å². The van der Waals surface area contributed by atoms with Crippen LogP contribution in [0.5, 0.6) is 0 Å². The maximum Gasteiger partial charge on any atom is 0.101 e. The topological polar surface area (TPSA) is 35.8 Å². The predicted octanol–water partition coefficient (Wildman–Crippen LogP) is 4.59. The quantitative estimate of drug-likeness (QED) is 0.897. The Morgan fingerprint density at radius 2 is 2.00 bits per heavy atom. The minimum absolute atomic E-state index is 0.476. The van der Waals surface area contributed by atoms with E-state index in [1.807, 2.05) is 30.3 Å². The van der Waals surface area contributed by atoms with Gasteiger partial charge in [-0.2, -0.15) is 5.26 Å². The summed E-state index contributed by atoms with van der Waals surface area (Å²) in [5.41, 5.74) is 2.52. The van der Waals surface area contributed by atoms with Crippen LogP contribution in [0.4, 0.5) is 5.69 Å². The fourth-order valence-electron chi connectivity index (χ4n) is 1.56. The number of nitrogens with zero attached hydrogens (tertiary/aromatic N) is 1. The highest BCUT2D eigenvalue weighted by Gasteiger charge is 2.02. The molecule has 2 aromatic carbocycles. The van der Waals surface area contributed by atoms with E-state index >= 15 is 0 Å². The van der Waals surface area contributed by atoms with Crippen molar-refractivity contribution >= 4 is 33.2 Å². The fraction of sp³-hybridized carbons (Fsp3) is 0.0714. The van der Waals surface area contributed by atoms with Gasteiger partial charge in [0.05, 0.1) is 10.6 Å². The molecule has 0 spiro atoms. The van der Waals surface area contributed by atoms with Gasteiger partial charge in [0.25, 0.3) is 0 Å². The summed E-state index contributed by atoms with van der Waals surface area (Å²) in [6.07, 6.45) is 0. The largest absolute Gasteiger partial charge is 0.381 e. The molecule has 18 heavy (non-hydrogen) atoms. The van der Waals surface area contributed by atoms with E-state index in [4.69, 9.17) is 16.9 Å². The maximum absolute atomic E-state index is 8.90. The van der Waals surface area contributed by atoms with Crippen LogP contribution in [0.25, 0.3) is 0 Å². The first-order valence-electron chi connectivity index (χ1n) is 5.37. The maximum atomic E-state index is 8.90. The molecule has 0 amide bonds. The summed E-state index contributed by atoms with van der Waals surface area (Å²) in [6.45, 7) is 0.688. The second kappa shape index (κ2) is 5.90. The van der Waals surface area contributed by atoms with E-state index in [1.165, 1.54) is 0 Å². The Hall–Kier alpha value is -1.50. The Morgan fingerprint density at radius 1 is 1.22 bits per heavy atom. The average molecular weight is 322 g/mol. The number of nitriles is 1. The van der Waals surface area contributed by atoms with Gasteiger partial charge in [0.15, 0.2) is 0 Å². The Bertz CT molecular complexity index is 605. The number of halogens is 2. The van der Waals surface area contributed by atoms with Crippen molar-refractivity contribution in [3.63, 3.8) is 0 Å². The van der Waals surface area contributed by atoms with Gasteiger partial charge in [-0.15, -0.1) is 0 Å². The number of nitrogens with one attached hydrogen (secondary N) is 1. The Morgan fingerprint density at radius 3 is 2.72 bits per heavy atom. The van der Waals surface area contributed by atoms with Crippen LogP contribution in [0.1, 0.15) is 11.1 Å². The lowest BCUT2D eigenvalue weighted by Gasteiger charge is -2.08. The first-order valence-corrected chi connectivity index (χ1v) is 6.55. The van der Waals surface area contributed by atoms with Gasteiger partial charge in [0, 0.05) is 16.7 Å². The summed E-state index contributed by atoms with van der Waals surface area (Å²) in [6, 6.07) is 15.4. The van der Waals surface area contributed by atoms with Crippen molar-refractivity contribution in [3.05, 3.63) is 63.1 Å². The van der Waals surface area contributed by atoms with E-state index in [2.05, 4.69) is 27.3 Å². The molecular formula is C14H10BrClN2. The van der Waals surface area contributed by atoms with E-state index in [9.17, 15) is 0 Å². The van der Waals surface area contributed by atoms with Gasteiger partial charge < -0.3 is 5.32 Å². The van der Waals surface area contributed by atoms with Crippen LogP contribution in [0.3, 0.4) is 0 Å². The van der Waals surface area contributed by atoms with E-state index in [1.54, 1.807) is 12.1 Å². The third kappa shape index (κ3) is 3.04. The predicted molar refractivity (Wildman–Crippen MR) is 77.6 cm³/mol. The Labute approximate surface area is 119 Å². The van der Waals surface area contributed by atoms with Gasteiger partial charge in [-0.1, -0.05) is 45.7 Å². The van der Waals surface area contributed by atoms with Crippen LogP contribution >= 0.6 is 27.5 Å². The van der Waals surface area contributed by atoms with Gasteiger partial charge in [0.2, 0.25) is 0 Å². The second-order valence-corrected chi connectivity index (χ2v) is 5.01. The van der Waals surface area contributed by atoms with Crippen LogP contribution < -0.4 is 5.32 Å². The van der Waals surface area contributed by atoms with Crippen molar-refractivity contribution in [2.45, 2.75) is 6.54 Å². The summed E-state index contributed by atoms with van der Waals surface area (Å²) < 4.78 is 1.06. The first kappa shape index (κ1) is 12.9. The van der Waals surface area contributed by atoms with Gasteiger partial charge >= 0.3 is 0 Å². The fourth-order valence-corrected chi connectivity index (χ4v) is 2.14. The number of hydrogen-bond acceptors (Lipinski definition) is 2. The molecule has 2 nitrogen and oxygen atoms in total. The zero-order valence-corrected chi connectivity index (χ0v) is 11.8. The van der Waals surface area contributed by atoms with Crippen molar-refractivity contribution < 1.29 is 0 Å². The zero-order chi connectivity index (χ0) is 13.0. The molecule has 0 saturated carbocycles. The van der Waals surface area contributed by atoms with E-state index in [0.717, 1.165) is 15.7 Å². The molecule has 0 unspecified atom stereocenters. The molecule has 0 aliphatic carbocycles. The molecule has 0 radical (unpaired) electrons. The molecule has 0 aliphatic heterocycles. The molecule has 0 fully saturated rings. The Kier molecular flexibility index (Phi) is 4.24. The second-order valence-electron chi connectivity index (χ2n) is 3.75. The smallest absolute Gasteiger partial charge is 0.101 e. The number of hydrogen-bond donors (Lipinski definition) is 1. The standard InChI is InChI=1S/C14H10BrClN2/c15-13-4-2-1-3-10(13)9-18-12-5-6-14(16)11(7-12)8-17/h1-7,18H,9H2. The summed E-state index contributed by atoms with van der Waals surface area (Å²) >= 11 is 9.38. The molecule has 0 aromatic heterocycles. The minimum atomic E-state index is 0.476. The van der Waals surface area contributed by atoms with Crippen LogP contribution in [0.15, 0.2) is 46.9 Å². The lowest BCUT2D eigenvalue weighted by Crippen LogP contribution is -2.00. The molecule has 0 saturated heterocycles. The summed E-state index contributed by atoms with van der Waals surface area (Å²) in [5.74, 6) is 0. The SMILES string of the molecule is N#Cc1cc(NCc2ccccc2Br)ccc1Cl. The molecule has 0 aliphatic rings. The van der Waals surface area contributed by atoms with Crippen molar-refractivity contribution in [2.75, 3.05) is 5.32 Å². The number of rotatable bonds is 3. The third-order valence-electron chi connectivity index (χ3n) is 2.53. The summed E-state index contributed by atoms with van der Waals surface area (Å²) in [5, 5.41) is 12.6. The van der Waals surface area contributed by atoms with Gasteiger partial charge in [0.1, 0.15) is 6.07 Å². The minimum Gasteiger partial charge on any atom is -0.381 e. The van der Waals surface area contributed by atoms with Crippen LogP contribution in [0, 0.1) is 11.3 Å². The number of benzene rings is 2. The molecular weight excluding hydrogens is 312 g/mol. The summed E-state index contributed by atoms with van der Waals surface area (Å²) in [7, 11) is 0. The normalized spacial score (nSPS) is 9.83. The summed E-state index contributed by atoms with van der Waals surface area (Å²) in [4.78, 5) is 0. The molecule has 2 aromatic rings. The molecule has 0 bridgehead atoms. The Balaban J connectivity index is 2.12. The van der Waals surface area contributed by atoms with Gasteiger partial charge in [-0.3, -0.25) is 0 Å². The van der Waals surface area contributed by atoms with E-state index < -0.39 is 0 Å². The molecule has 4 heteroatoms. The van der Waals surface area contributed by atoms with Gasteiger partial charge in [-0.25, -0.2) is 0 Å². The highest BCUT2D eigenvalue weighted by Crippen LogP contribution is 2.21. The lowest BCUT2D eigenvalue weighted by molar-refractivity contribution is 1.14. The molecule has 2 rings (SSSR count). The average Bonchev–Trinajstić information content (AvgIpc) is 2.39. The van der Waals surface area contributed by atoms with E-state index in [-0.39, 0.29) is 0 Å². The molecule has 1 N–H and O–H groups in total. The monoisotopic (exact) mass is 320 g/mol. The van der Waals surface area contributed by atoms with Crippen molar-refractivity contribution in [3.8, 4) is 6.07 Å². The first-order chi connectivity index (χ1) is 8.70. The highest BCUT2D eigenvalue weighted by molar-refractivity contribution is 9.10. The number of anilines is 1. The highest BCUT2D eigenvalue weighted by atomic mass is 79.9.